The van der Waals surface area contributed by atoms with Crippen molar-refractivity contribution in [3.63, 3.8) is 0 Å². The summed E-state index contributed by atoms with van der Waals surface area (Å²) in [5.41, 5.74) is 1.69. The summed E-state index contributed by atoms with van der Waals surface area (Å²) in [5.74, 6) is -0.806. The average Bonchev–Trinajstić information content (AvgIpc) is 2.91. The largest absolute Gasteiger partial charge is 0.466 e. The number of carbonyl (C=O) groups excluding carboxylic acids is 3. The van der Waals surface area contributed by atoms with E-state index < -0.39 is 6.04 Å². The topological polar surface area (TPSA) is 66.9 Å². The lowest BCUT2D eigenvalue weighted by atomic mass is 9.96. The first-order valence-corrected chi connectivity index (χ1v) is 8.85. The first kappa shape index (κ1) is 17.6. The number of rotatable bonds is 4. The molecule has 2 amide bonds. The normalized spacial score (nSPS) is 24.6. The fourth-order valence-corrected chi connectivity index (χ4v) is 3.61. The van der Waals surface area contributed by atoms with Gasteiger partial charge in [-0.05, 0) is 45.4 Å². The van der Waals surface area contributed by atoms with Gasteiger partial charge in [-0.25, -0.2) is 4.90 Å². The molecular formula is C19H24N2O4. The lowest BCUT2D eigenvalue weighted by molar-refractivity contribution is -0.150. The van der Waals surface area contributed by atoms with Crippen LogP contribution in [0.2, 0.25) is 0 Å². The van der Waals surface area contributed by atoms with Crippen LogP contribution in [0.25, 0.3) is 0 Å². The molecule has 3 rings (SSSR count). The molecule has 2 saturated heterocycles. The predicted molar refractivity (Wildman–Crippen MR) is 93.0 cm³/mol. The molecule has 25 heavy (non-hydrogen) atoms. The number of anilines is 1. The molecule has 134 valence electrons. The molecule has 0 unspecified atom stereocenters. The van der Waals surface area contributed by atoms with E-state index in [9.17, 15) is 14.4 Å². The minimum atomic E-state index is -0.481. The molecule has 2 aliphatic heterocycles. The van der Waals surface area contributed by atoms with Gasteiger partial charge in [-0.15, -0.1) is 0 Å². The number of imide groups is 1. The van der Waals surface area contributed by atoms with Gasteiger partial charge in [0, 0.05) is 6.54 Å². The predicted octanol–water partition coefficient (Wildman–Crippen LogP) is 1.90. The van der Waals surface area contributed by atoms with Gasteiger partial charge >= 0.3 is 5.97 Å². The standard InChI is InChI=1S/C19H24N2O4/c1-3-25-19(24)14-5-4-10-20(12-14)16-11-17(22)21(18(16)23)15-8-6-13(2)7-9-15/h6-9,14,16H,3-5,10-12H2,1-2H3/t14-,16+/m1/s1. The third-order valence-electron chi connectivity index (χ3n) is 4.93. The third-order valence-corrected chi connectivity index (χ3v) is 4.93. The lowest BCUT2D eigenvalue weighted by Crippen LogP contribution is -2.48. The summed E-state index contributed by atoms with van der Waals surface area (Å²) in [4.78, 5) is 40.5. The molecule has 2 fully saturated rings. The van der Waals surface area contributed by atoms with E-state index in [1.807, 2.05) is 24.0 Å². The number of esters is 1. The second-order valence-corrected chi connectivity index (χ2v) is 6.71. The fourth-order valence-electron chi connectivity index (χ4n) is 3.61. The maximum absolute atomic E-state index is 12.9. The summed E-state index contributed by atoms with van der Waals surface area (Å²) in [6.45, 7) is 5.31. The molecule has 0 spiro atoms. The SMILES string of the molecule is CCOC(=O)[C@@H]1CCCN([C@H]2CC(=O)N(c3ccc(C)cc3)C2=O)C1. The summed E-state index contributed by atoms with van der Waals surface area (Å²) < 4.78 is 5.11. The number of hydrogen-bond acceptors (Lipinski definition) is 5. The van der Waals surface area contributed by atoms with Gasteiger partial charge in [-0.1, -0.05) is 17.7 Å². The van der Waals surface area contributed by atoms with Crippen molar-refractivity contribution < 1.29 is 19.1 Å². The average molecular weight is 344 g/mol. The van der Waals surface area contributed by atoms with E-state index in [4.69, 9.17) is 4.74 Å². The van der Waals surface area contributed by atoms with Crippen LogP contribution in [-0.4, -0.2) is 48.4 Å². The number of amides is 2. The number of benzene rings is 1. The van der Waals surface area contributed by atoms with Crippen LogP contribution < -0.4 is 4.90 Å². The third kappa shape index (κ3) is 3.58. The van der Waals surface area contributed by atoms with E-state index in [0.29, 0.717) is 18.8 Å². The molecule has 0 radical (unpaired) electrons. The maximum atomic E-state index is 12.9. The zero-order valence-electron chi connectivity index (χ0n) is 14.7. The monoisotopic (exact) mass is 344 g/mol. The van der Waals surface area contributed by atoms with Gasteiger partial charge in [0.1, 0.15) is 0 Å². The summed E-state index contributed by atoms with van der Waals surface area (Å²) in [6.07, 6.45) is 1.76. The van der Waals surface area contributed by atoms with Crippen LogP contribution in [0.4, 0.5) is 5.69 Å². The summed E-state index contributed by atoms with van der Waals surface area (Å²) in [6, 6.07) is 6.89. The van der Waals surface area contributed by atoms with Crippen molar-refractivity contribution in [2.24, 2.45) is 5.92 Å². The van der Waals surface area contributed by atoms with Crippen molar-refractivity contribution in [2.75, 3.05) is 24.6 Å². The van der Waals surface area contributed by atoms with E-state index in [1.165, 1.54) is 4.90 Å². The van der Waals surface area contributed by atoms with Crippen LogP contribution in [0.5, 0.6) is 0 Å². The number of ether oxygens (including phenoxy) is 1. The Morgan fingerprint density at radius 3 is 2.64 bits per heavy atom. The highest BCUT2D eigenvalue weighted by molar-refractivity contribution is 6.22. The van der Waals surface area contributed by atoms with Crippen molar-refractivity contribution in [1.82, 2.24) is 4.90 Å². The Labute approximate surface area is 147 Å². The van der Waals surface area contributed by atoms with Crippen LogP contribution in [0.15, 0.2) is 24.3 Å². The van der Waals surface area contributed by atoms with Crippen LogP contribution in [0, 0.1) is 12.8 Å². The molecule has 2 aliphatic rings. The van der Waals surface area contributed by atoms with Crippen molar-refractivity contribution >= 4 is 23.5 Å². The van der Waals surface area contributed by atoms with Gasteiger partial charge in [0.2, 0.25) is 5.91 Å². The number of hydrogen-bond donors (Lipinski definition) is 0. The Hall–Kier alpha value is -2.21. The number of likely N-dealkylation sites (tertiary alicyclic amines) is 1. The van der Waals surface area contributed by atoms with Gasteiger partial charge in [-0.2, -0.15) is 0 Å². The highest BCUT2D eigenvalue weighted by Crippen LogP contribution is 2.29. The lowest BCUT2D eigenvalue weighted by Gasteiger charge is -2.34. The van der Waals surface area contributed by atoms with Crippen molar-refractivity contribution in [3.05, 3.63) is 29.8 Å². The van der Waals surface area contributed by atoms with Crippen molar-refractivity contribution in [1.29, 1.82) is 0 Å². The van der Waals surface area contributed by atoms with E-state index in [-0.39, 0.29) is 30.1 Å². The summed E-state index contributed by atoms with van der Waals surface area (Å²) in [5, 5.41) is 0. The Morgan fingerprint density at radius 1 is 1.24 bits per heavy atom. The summed E-state index contributed by atoms with van der Waals surface area (Å²) in [7, 11) is 0. The number of nitrogens with zero attached hydrogens (tertiary/aromatic N) is 2. The molecule has 0 bridgehead atoms. The van der Waals surface area contributed by atoms with Gasteiger partial charge in [0.05, 0.1) is 30.7 Å². The zero-order valence-corrected chi connectivity index (χ0v) is 14.7. The first-order valence-electron chi connectivity index (χ1n) is 8.85. The molecule has 0 aromatic heterocycles. The van der Waals surface area contributed by atoms with Crippen LogP contribution in [-0.2, 0) is 19.1 Å². The molecule has 2 heterocycles. The van der Waals surface area contributed by atoms with E-state index in [0.717, 1.165) is 24.9 Å². The Morgan fingerprint density at radius 2 is 1.96 bits per heavy atom. The van der Waals surface area contributed by atoms with Gasteiger partial charge in [0.15, 0.2) is 0 Å². The highest BCUT2D eigenvalue weighted by Gasteiger charge is 2.44. The minimum absolute atomic E-state index is 0.169. The summed E-state index contributed by atoms with van der Waals surface area (Å²) >= 11 is 0. The van der Waals surface area contributed by atoms with Crippen LogP contribution >= 0.6 is 0 Å². The van der Waals surface area contributed by atoms with Crippen LogP contribution in [0.3, 0.4) is 0 Å². The van der Waals surface area contributed by atoms with E-state index in [2.05, 4.69) is 0 Å². The molecule has 1 aromatic rings. The Kier molecular flexibility index (Phi) is 5.18. The fraction of sp³-hybridized carbons (Fsp3) is 0.526. The van der Waals surface area contributed by atoms with Gasteiger partial charge < -0.3 is 4.74 Å². The minimum Gasteiger partial charge on any atom is -0.466 e. The van der Waals surface area contributed by atoms with Gasteiger partial charge in [0.25, 0.3) is 5.91 Å². The van der Waals surface area contributed by atoms with Gasteiger partial charge in [-0.3, -0.25) is 19.3 Å². The molecule has 0 aliphatic carbocycles. The second-order valence-electron chi connectivity index (χ2n) is 6.71. The maximum Gasteiger partial charge on any atom is 0.310 e. The number of carbonyl (C=O) groups is 3. The van der Waals surface area contributed by atoms with Crippen LogP contribution in [0.1, 0.15) is 31.7 Å². The Balaban J connectivity index is 1.73. The Bertz CT molecular complexity index is 671. The molecule has 0 saturated carbocycles. The molecule has 2 atom stereocenters. The van der Waals surface area contributed by atoms with E-state index >= 15 is 0 Å². The number of piperidine rings is 1. The second kappa shape index (κ2) is 7.35. The van der Waals surface area contributed by atoms with Crippen molar-refractivity contribution in [2.45, 2.75) is 39.2 Å². The molecular weight excluding hydrogens is 320 g/mol. The first-order chi connectivity index (χ1) is 12.0. The molecule has 0 N–H and O–H groups in total. The quantitative estimate of drug-likeness (QED) is 0.616. The van der Waals surface area contributed by atoms with Crippen molar-refractivity contribution in [3.8, 4) is 0 Å². The highest BCUT2D eigenvalue weighted by atomic mass is 16.5. The molecule has 6 heteroatoms. The number of aryl methyl sites for hydroxylation is 1. The van der Waals surface area contributed by atoms with E-state index in [1.54, 1.807) is 19.1 Å². The molecule has 1 aromatic carbocycles. The zero-order chi connectivity index (χ0) is 18.0. The smallest absolute Gasteiger partial charge is 0.310 e. The molecule has 6 nitrogen and oxygen atoms in total.